The van der Waals surface area contributed by atoms with Crippen molar-refractivity contribution >= 4 is 11.8 Å². The minimum Gasteiger partial charge on any atom is -0.449 e. The van der Waals surface area contributed by atoms with E-state index < -0.39 is 6.09 Å². The molecule has 2 unspecified atom stereocenters. The molecule has 2 aliphatic rings. The van der Waals surface area contributed by atoms with E-state index in [9.17, 15) is 9.18 Å². The fraction of sp³-hybridized carbons (Fsp3) is 0.409. The highest BCUT2D eigenvalue weighted by Gasteiger charge is 2.33. The lowest BCUT2D eigenvalue weighted by molar-refractivity contribution is 0.122. The van der Waals surface area contributed by atoms with Gasteiger partial charge in [-0.25, -0.2) is 9.18 Å². The van der Waals surface area contributed by atoms with E-state index in [1.165, 1.54) is 25.0 Å². The van der Waals surface area contributed by atoms with Gasteiger partial charge in [0.15, 0.2) is 0 Å². The van der Waals surface area contributed by atoms with Crippen LogP contribution >= 0.6 is 0 Å². The number of amides is 1. The minimum absolute atomic E-state index is 0.281. The van der Waals surface area contributed by atoms with Crippen LogP contribution in [0, 0.1) is 18.7 Å². The number of aryl methyl sites for hydroxylation is 1. The minimum atomic E-state index is -0.432. The van der Waals surface area contributed by atoms with Crippen LogP contribution in [0.4, 0.5) is 14.9 Å². The summed E-state index contributed by atoms with van der Waals surface area (Å²) in [6.45, 7) is 2.39. The highest BCUT2D eigenvalue weighted by atomic mass is 19.1. The van der Waals surface area contributed by atoms with Gasteiger partial charge < -0.3 is 10.1 Å². The monoisotopic (exact) mass is 368 g/mol. The van der Waals surface area contributed by atoms with E-state index in [2.05, 4.69) is 10.6 Å². The summed E-state index contributed by atoms with van der Waals surface area (Å²) in [5.41, 5.74) is 3.35. The van der Waals surface area contributed by atoms with Crippen molar-refractivity contribution in [1.29, 1.82) is 0 Å². The fourth-order valence-corrected chi connectivity index (χ4v) is 4.35. The van der Waals surface area contributed by atoms with Gasteiger partial charge in [0.05, 0.1) is 12.3 Å². The van der Waals surface area contributed by atoms with E-state index in [4.69, 9.17) is 4.74 Å². The Morgan fingerprint density at radius 2 is 1.85 bits per heavy atom. The van der Waals surface area contributed by atoms with Crippen molar-refractivity contribution in [3.8, 4) is 11.1 Å². The van der Waals surface area contributed by atoms with E-state index in [0.29, 0.717) is 30.3 Å². The molecule has 27 heavy (non-hydrogen) atoms. The number of benzene rings is 2. The third kappa shape index (κ3) is 4.14. The Bertz CT molecular complexity index is 810. The van der Waals surface area contributed by atoms with Crippen molar-refractivity contribution in [3.63, 3.8) is 0 Å². The van der Waals surface area contributed by atoms with Crippen LogP contribution in [0.3, 0.4) is 0 Å². The summed E-state index contributed by atoms with van der Waals surface area (Å²) < 4.78 is 18.8. The average molecular weight is 368 g/mol. The van der Waals surface area contributed by atoms with Crippen LogP contribution in [0.2, 0.25) is 0 Å². The Kier molecular flexibility index (Phi) is 5.12. The van der Waals surface area contributed by atoms with Gasteiger partial charge in [-0.2, -0.15) is 0 Å². The maximum absolute atomic E-state index is 13.2. The van der Waals surface area contributed by atoms with Gasteiger partial charge in [-0.1, -0.05) is 30.3 Å². The number of piperidine rings is 1. The second-order valence-corrected chi connectivity index (χ2v) is 7.70. The molecule has 0 aliphatic carbocycles. The van der Waals surface area contributed by atoms with Crippen LogP contribution in [0.15, 0.2) is 42.5 Å². The topological polar surface area (TPSA) is 50.4 Å². The van der Waals surface area contributed by atoms with Gasteiger partial charge in [-0.3, -0.25) is 5.32 Å². The summed E-state index contributed by atoms with van der Waals surface area (Å²) in [5.74, 6) is 0.152. The van der Waals surface area contributed by atoms with E-state index in [-0.39, 0.29) is 5.82 Å². The Balaban J connectivity index is 1.42. The number of rotatable bonds is 4. The lowest BCUT2D eigenvalue weighted by Gasteiger charge is -2.28. The fourth-order valence-electron chi connectivity index (χ4n) is 4.35. The van der Waals surface area contributed by atoms with E-state index in [1.807, 2.05) is 25.1 Å². The number of para-hydroxylation sites is 1. The summed E-state index contributed by atoms with van der Waals surface area (Å²) in [4.78, 5) is 12.4. The van der Waals surface area contributed by atoms with Gasteiger partial charge in [0.2, 0.25) is 0 Å². The molecule has 2 atom stereocenters. The standard InChI is InChI=1S/C22H25FN2O2/c1-14-3-2-4-20(16-5-7-17(23)8-6-16)21(14)25-22(26)27-13-15-11-18-9-10-19(12-15)24-18/h2-8,15,18-19,24H,9-13H2,1H3,(H,25,26). The maximum Gasteiger partial charge on any atom is 0.411 e. The molecule has 0 spiro atoms. The first-order valence-electron chi connectivity index (χ1n) is 9.64. The molecule has 0 saturated carbocycles. The highest BCUT2D eigenvalue weighted by Crippen LogP contribution is 2.32. The summed E-state index contributed by atoms with van der Waals surface area (Å²) >= 11 is 0. The smallest absolute Gasteiger partial charge is 0.411 e. The molecule has 0 aromatic heterocycles. The molecule has 2 aliphatic heterocycles. The van der Waals surface area contributed by atoms with E-state index in [1.54, 1.807) is 12.1 Å². The van der Waals surface area contributed by atoms with E-state index >= 15 is 0 Å². The van der Waals surface area contributed by atoms with Gasteiger partial charge in [0.1, 0.15) is 5.82 Å². The molecule has 142 valence electrons. The summed E-state index contributed by atoms with van der Waals surface area (Å²) in [6, 6.07) is 13.2. The number of hydrogen-bond donors (Lipinski definition) is 2. The molecule has 2 heterocycles. The van der Waals surface area contributed by atoms with Gasteiger partial charge >= 0.3 is 6.09 Å². The lowest BCUT2D eigenvalue weighted by Crippen LogP contribution is -2.39. The van der Waals surface area contributed by atoms with E-state index in [0.717, 1.165) is 29.5 Å². The maximum atomic E-state index is 13.2. The zero-order chi connectivity index (χ0) is 18.8. The van der Waals surface area contributed by atoms with Crippen molar-refractivity contribution in [1.82, 2.24) is 5.32 Å². The Morgan fingerprint density at radius 1 is 1.15 bits per heavy atom. The van der Waals surface area contributed by atoms with Crippen LogP contribution in [-0.2, 0) is 4.74 Å². The highest BCUT2D eigenvalue weighted by molar-refractivity contribution is 5.92. The predicted octanol–water partition coefficient (Wildman–Crippen LogP) is 4.88. The summed E-state index contributed by atoms with van der Waals surface area (Å²) in [5, 5.41) is 6.50. The van der Waals surface area contributed by atoms with Crippen molar-refractivity contribution in [2.45, 2.75) is 44.7 Å². The van der Waals surface area contributed by atoms with Gasteiger partial charge in [-0.05, 0) is 61.8 Å². The third-order valence-corrected chi connectivity index (χ3v) is 5.68. The molecule has 2 bridgehead atoms. The molecule has 2 N–H and O–H groups in total. The van der Waals surface area contributed by atoms with Gasteiger partial charge in [-0.15, -0.1) is 0 Å². The number of carbonyl (C=O) groups excluding carboxylic acids is 1. The van der Waals surface area contributed by atoms with Crippen LogP contribution in [-0.4, -0.2) is 24.8 Å². The van der Waals surface area contributed by atoms with Crippen molar-refractivity contribution in [2.75, 3.05) is 11.9 Å². The molecule has 1 amide bonds. The second-order valence-electron chi connectivity index (χ2n) is 7.70. The summed E-state index contributed by atoms with van der Waals surface area (Å²) in [7, 11) is 0. The molecule has 0 radical (unpaired) electrons. The molecular weight excluding hydrogens is 343 g/mol. The molecule has 5 heteroatoms. The first-order valence-corrected chi connectivity index (χ1v) is 9.64. The zero-order valence-electron chi connectivity index (χ0n) is 15.5. The van der Waals surface area contributed by atoms with Crippen LogP contribution in [0.5, 0.6) is 0 Å². The molecule has 2 aromatic carbocycles. The molecular formula is C22H25FN2O2. The van der Waals surface area contributed by atoms with Crippen molar-refractivity contribution in [2.24, 2.45) is 5.92 Å². The molecule has 2 fully saturated rings. The van der Waals surface area contributed by atoms with Crippen molar-refractivity contribution < 1.29 is 13.9 Å². The SMILES string of the molecule is Cc1cccc(-c2ccc(F)cc2)c1NC(=O)OCC1CC2CCC(C1)N2. The number of hydrogen-bond acceptors (Lipinski definition) is 3. The lowest BCUT2D eigenvalue weighted by atomic mass is 9.93. The predicted molar refractivity (Wildman–Crippen MR) is 104 cm³/mol. The molecule has 2 aromatic rings. The number of nitrogens with one attached hydrogen (secondary N) is 2. The second kappa shape index (κ2) is 7.69. The molecule has 4 rings (SSSR count). The Labute approximate surface area is 159 Å². The largest absolute Gasteiger partial charge is 0.449 e. The molecule has 2 saturated heterocycles. The Morgan fingerprint density at radius 3 is 2.56 bits per heavy atom. The summed E-state index contributed by atoms with van der Waals surface area (Å²) in [6.07, 6.45) is 4.19. The third-order valence-electron chi connectivity index (χ3n) is 5.68. The number of ether oxygens (including phenoxy) is 1. The zero-order valence-corrected chi connectivity index (χ0v) is 15.5. The molecule has 4 nitrogen and oxygen atoms in total. The first kappa shape index (κ1) is 18.0. The van der Waals surface area contributed by atoms with Crippen LogP contribution in [0.25, 0.3) is 11.1 Å². The van der Waals surface area contributed by atoms with Gasteiger partial charge in [0, 0.05) is 17.6 Å². The number of halogens is 1. The van der Waals surface area contributed by atoms with Gasteiger partial charge in [0.25, 0.3) is 0 Å². The number of carbonyl (C=O) groups is 1. The van der Waals surface area contributed by atoms with Crippen LogP contribution < -0.4 is 10.6 Å². The first-order chi connectivity index (χ1) is 13.1. The number of fused-ring (bicyclic) bond motifs is 2. The van der Waals surface area contributed by atoms with Crippen LogP contribution in [0.1, 0.15) is 31.2 Å². The normalized spacial score (nSPS) is 23.9. The van der Waals surface area contributed by atoms with Crippen molar-refractivity contribution in [3.05, 3.63) is 53.8 Å². The Hall–Kier alpha value is -2.40. The average Bonchev–Trinajstić information content (AvgIpc) is 3.00. The number of anilines is 1. The quantitative estimate of drug-likeness (QED) is 0.809.